The van der Waals surface area contributed by atoms with E-state index in [4.69, 9.17) is 14.2 Å². The quantitative estimate of drug-likeness (QED) is 0.700. The van der Waals surface area contributed by atoms with Crippen LogP contribution in [0.25, 0.3) is 0 Å². The Hall–Kier alpha value is -1.85. The Morgan fingerprint density at radius 3 is 1.94 bits per heavy atom. The first kappa shape index (κ1) is 12.2. The van der Waals surface area contributed by atoms with E-state index in [2.05, 4.69) is 9.97 Å². The first-order valence-electron chi connectivity index (χ1n) is 4.74. The van der Waals surface area contributed by atoms with Crippen LogP contribution >= 0.6 is 0 Å². The summed E-state index contributed by atoms with van der Waals surface area (Å²) < 4.78 is 15.2. The fraction of sp³-hybridized carbons (Fsp3) is 0.500. The molecule has 1 rings (SSSR count). The SMILES string of the molecule is COc1nc(OC(C)C)nc(OC)c1C=O. The van der Waals surface area contributed by atoms with Crippen molar-refractivity contribution in [3.63, 3.8) is 0 Å². The molecule has 0 unspecified atom stereocenters. The number of aldehydes is 1. The summed E-state index contributed by atoms with van der Waals surface area (Å²) >= 11 is 0. The minimum atomic E-state index is -0.0727. The van der Waals surface area contributed by atoms with Gasteiger partial charge in [-0.25, -0.2) is 0 Å². The second kappa shape index (κ2) is 5.29. The van der Waals surface area contributed by atoms with Crippen molar-refractivity contribution in [2.75, 3.05) is 14.2 Å². The predicted octanol–water partition coefficient (Wildman–Crippen LogP) is 1.09. The third kappa shape index (κ3) is 2.59. The summed E-state index contributed by atoms with van der Waals surface area (Å²) in [5, 5.41) is 0. The summed E-state index contributed by atoms with van der Waals surface area (Å²) in [5.74, 6) is 0.273. The normalized spacial score (nSPS) is 10.1. The van der Waals surface area contributed by atoms with Crippen molar-refractivity contribution < 1.29 is 19.0 Å². The van der Waals surface area contributed by atoms with Gasteiger partial charge < -0.3 is 14.2 Å². The van der Waals surface area contributed by atoms with Crippen LogP contribution in [0.1, 0.15) is 24.2 Å². The van der Waals surface area contributed by atoms with Crippen molar-refractivity contribution in [1.82, 2.24) is 9.97 Å². The Morgan fingerprint density at radius 2 is 1.62 bits per heavy atom. The lowest BCUT2D eigenvalue weighted by Crippen LogP contribution is -2.11. The van der Waals surface area contributed by atoms with E-state index in [1.807, 2.05) is 13.8 Å². The Labute approximate surface area is 93.6 Å². The van der Waals surface area contributed by atoms with Gasteiger partial charge in [-0.3, -0.25) is 4.79 Å². The molecule has 16 heavy (non-hydrogen) atoms. The van der Waals surface area contributed by atoms with Gasteiger partial charge in [0, 0.05) is 0 Å². The molecule has 88 valence electrons. The molecule has 0 saturated carbocycles. The fourth-order valence-corrected chi connectivity index (χ4v) is 1.09. The molecule has 1 aromatic rings. The van der Waals surface area contributed by atoms with Crippen LogP contribution in [0.3, 0.4) is 0 Å². The molecule has 1 aromatic heterocycles. The Balaban J connectivity index is 3.20. The molecule has 0 N–H and O–H groups in total. The molecule has 6 heteroatoms. The molecule has 1 heterocycles. The molecule has 0 aliphatic heterocycles. The highest BCUT2D eigenvalue weighted by Gasteiger charge is 2.16. The summed E-state index contributed by atoms with van der Waals surface area (Å²) in [6.45, 7) is 3.69. The molecule has 0 aromatic carbocycles. The van der Waals surface area contributed by atoms with Crippen molar-refractivity contribution in [2.45, 2.75) is 20.0 Å². The molecule has 6 nitrogen and oxygen atoms in total. The highest BCUT2D eigenvalue weighted by Crippen LogP contribution is 2.25. The smallest absolute Gasteiger partial charge is 0.323 e. The van der Waals surface area contributed by atoms with Gasteiger partial charge in [-0.05, 0) is 13.8 Å². The van der Waals surface area contributed by atoms with Crippen LogP contribution in [0.5, 0.6) is 17.8 Å². The summed E-state index contributed by atoms with van der Waals surface area (Å²) in [6, 6.07) is 0.120. The van der Waals surface area contributed by atoms with Crippen LogP contribution in [0, 0.1) is 0 Å². The lowest BCUT2D eigenvalue weighted by Gasteiger charge is -2.11. The topological polar surface area (TPSA) is 70.5 Å². The zero-order valence-corrected chi connectivity index (χ0v) is 9.68. The van der Waals surface area contributed by atoms with Crippen LogP contribution in [-0.2, 0) is 0 Å². The molecule has 0 atom stereocenters. The van der Waals surface area contributed by atoms with Crippen molar-refractivity contribution in [3.8, 4) is 17.8 Å². The van der Waals surface area contributed by atoms with Crippen LogP contribution in [0.15, 0.2) is 0 Å². The number of rotatable bonds is 5. The van der Waals surface area contributed by atoms with Gasteiger partial charge in [0.05, 0.1) is 20.3 Å². The van der Waals surface area contributed by atoms with E-state index in [0.29, 0.717) is 6.29 Å². The van der Waals surface area contributed by atoms with Crippen LogP contribution < -0.4 is 14.2 Å². The second-order valence-corrected chi connectivity index (χ2v) is 3.22. The van der Waals surface area contributed by atoms with Gasteiger partial charge >= 0.3 is 6.01 Å². The molecule has 0 bridgehead atoms. The number of nitrogens with zero attached hydrogens (tertiary/aromatic N) is 2. The first-order valence-corrected chi connectivity index (χ1v) is 4.74. The van der Waals surface area contributed by atoms with Crippen LogP contribution in [-0.4, -0.2) is 36.6 Å². The van der Waals surface area contributed by atoms with Crippen molar-refractivity contribution in [3.05, 3.63) is 5.56 Å². The first-order chi connectivity index (χ1) is 7.62. The van der Waals surface area contributed by atoms with E-state index in [1.54, 1.807) is 0 Å². The fourth-order valence-electron chi connectivity index (χ4n) is 1.09. The Bertz CT molecular complexity index is 354. The van der Waals surface area contributed by atoms with Crippen molar-refractivity contribution in [2.24, 2.45) is 0 Å². The maximum atomic E-state index is 10.8. The number of carbonyl (C=O) groups is 1. The average Bonchev–Trinajstić information content (AvgIpc) is 2.26. The summed E-state index contributed by atoms with van der Waals surface area (Å²) in [6.07, 6.45) is 0.507. The zero-order chi connectivity index (χ0) is 12.1. The van der Waals surface area contributed by atoms with Gasteiger partial charge in [-0.2, -0.15) is 9.97 Å². The van der Waals surface area contributed by atoms with Gasteiger partial charge in [0.2, 0.25) is 11.8 Å². The molecule has 0 aliphatic carbocycles. The van der Waals surface area contributed by atoms with E-state index >= 15 is 0 Å². The van der Waals surface area contributed by atoms with Gasteiger partial charge in [-0.15, -0.1) is 0 Å². The number of methoxy groups -OCH3 is 2. The van der Waals surface area contributed by atoms with Gasteiger partial charge in [0.15, 0.2) is 6.29 Å². The lowest BCUT2D eigenvalue weighted by atomic mass is 10.3. The summed E-state index contributed by atoms with van der Waals surface area (Å²) in [4.78, 5) is 18.7. The highest BCUT2D eigenvalue weighted by molar-refractivity contribution is 5.81. The number of aromatic nitrogens is 2. The van der Waals surface area contributed by atoms with E-state index < -0.39 is 0 Å². The molecular formula is C10H14N2O4. The molecule has 0 saturated heterocycles. The third-order valence-corrected chi connectivity index (χ3v) is 1.70. The predicted molar refractivity (Wildman–Crippen MR) is 56.3 cm³/mol. The minimum Gasteiger partial charge on any atom is -0.480 e. The van der Waals surface area contributed by atoms with Crippen LogP contribution in [0.4, 0.5) is 0 Å². The molecule has 0 radical (unpaired) electrons. The Kier molecular flexibility index (Phi) is 4.04. The molecule has 0 aliphatic rings. The minimum absolute atomic E-state index is 0.0727. The zero-order valence-electron chi connectivity index (χ0n) is 9.68. The van der Waals surface area contributed by atoms with E-state index in [9.17, 15) is 4.79 Å². The van der Waals surface area contributed by atoms with Gasteiger partial charge in [0.25, 0.3) is 0 Å². The van der Waals surface area contributed by atoms with Gasteiger partial charge in [-0.1, -0.05) is 0 Å². The second-order valence-electron chi connectivity index (χ2n) is 3.22. The Morgan fingerprint density at radius 1 is 1.12 bits per heavy atom. The molecule has 0 amide bonds. The summed E-state index contributed by atoms with van der Waals surface area (Å²) in [5.41, 5.74) is 0.168. The maximum absolute atomic E-state index is 10.8. The standard InChI is InChI=1S/C10H14N2O4/c1-6(2)16-10-11-8(14-3)7(5-13)9(12-10)15-4/h5-6H,1-4H3. The van der Waals surface area contributed by atoms with E-state index in [-0.39, 0.29) is 29.4 Å². The molecule has 0 fully saturated rings. The third-order valence-electron chi connectivity index (χ3n) is 1.70. The molecule has 0 spiro atoms. The monoisotopic (exact) mass is 226 g/mol. The van der Waals surface area contributed by atoms with E-state index in [1.165, 1.54) is 14.2 Å². The van der Waals surface area contributed by atoms with Crippen molar-refractivity contribution in [1.29, 1.82) is 0 Å². The molecular weight excluding hydrogens is 212 g/mol. The van der Waals surface area contributed by atoms with Crippen molar-refractivity contribution >= 4 is 6.29 Å². The largest absolute Gasteiger partial charge is 0.480 e. The number of ether oxygens (including phenoxy) is 3. The summed E-state index contributed by atoms with van der Waals surface area (Å²) in [7, 11) is 2.82. The van der Waals surface area contributed by atoms with Gasteiger partial charge in [0.1, 0.15) is 5.56 Å². The maximum Gasteiger partial charge on any atom is 0.323 e. The highest BCUT2D eigenvalue weighted by atomic mass is 16.5. The average molecular weight is 226 g/mol. The van der Waals surface area contributed by atoms with E-state index in [0.717, 1.165) is 0 Å². The van der Waals surface area contributed by atoms with Crippen LogP contribution in [0.2, 0.25) is 0 Å². The number of carbonyl (C=O) groups excluding carboxylic acids is 1. The number of hydrogen-bond acceptors (Lipinski definition) is 6. The lowest BCUT2D eigenvalue weighted by molar-refractivity contribution is 0.111. The number of hydrogen-bond donors (Lipinski definition) is 0.